The number of amides is 1. The van der Waals surface area contributed by atoms with E-state index >= 15 is 0 Å². The standard InChI is InChI=1S/C19H17F3N4O/c1-13(15-4-8-17(9-5-15)26-12-23-11-24-26)25-18(27)10-14-2-6-16(7-3-14)19(20,21)22/h2-9,11-13H,10H2,1H3,(H,25,27)/t13-/m1/s1. The first-order valence-electron chi connectivity index (χ1n) is 8.23. The minimum Gasteiger partial charge on any atom is -0.349 e. The van der Waals surface area contributed by atoms with Gasteiger partial charge in [-0.2, -0.15) is 18.3 Å². The lowest BCUT2D eigenvalue weighted by molar-refractivity contribution is -0.137. The van der Waals surface area contributed by atoms with Crippen LogP contribution in [0, 0.1) is 0 Å². The number of hydrogen-bond acceptors (Lipinski definition) is 3. The third-order valence-electron chi connectivity index (χ3n) is 4.10. The number of nitrogens with zero attached hydrogens (tertiary/aromatic N) is 3. The van der Waals surface area contributed by atoms with Crippen LogP contribution in [0.2, 0.25) is 0 Å². The molecule has 1 heterocycles. The summed E-state index contributed by atoms with van der Waals surface area (Å²) in [5, 5.41) is 6.89. The lowest BCUT2D eigenvalue weighted by Crippen LogP contribution is -2.28. The molecule has 1 aromatic heterocycles. The zero-order valence-corrected chi connectivity index (χ0v) is 14.4. The van der Waals surface area contributed by atoms with Gasteiger partial charge in [0.2, 0.25) is 5.91 Å². The minimum absolute atomic E-state index is 0.0134. The topological polar surface area (TPSA) is 59.8 Å². The molecule has 1 atom stereocenters. The van der Waals surface area contributed by atoms with Gasteiger partial charge < -0.3 is 5.32 Å². The summed E-state index contributed by atoms with van der Waals surface area (Å²) >= 11 is 0. The third-order valence-corrected chi connectivity index (χ3v) is 4.10. The molecule has 0 unspecified atom stereocenters. The summed E-state index contributed by atoms with van der Waals surface area (Å²) in [7, 11) is 0. The van der Waals surface area contributed by atoms with Crippen LogP contribution in [-0.4, -0.2) is 20.7 Å². The number of hydrogen-bond donors (Lipinski definition) is 1. The van der Waals surface area contributed by atoms with Gasteiger partial charge in [-0.05, 0) is 42.3 Å². The van der Waals surface area contributed by atoms with Crippen LogP contribution >= 0.6 is 0 Å². The lowest BCUT2D eigenvalue weighted by atomic mass is 10.1. The Morgan fingerprint density at radius 3 is 2.33 bits per heavy atom. The molecule has 3 aromatic rings. The maximum absolute atomic E-state index is 12.6. The molecule has 0 saturated heterocycles. The molecular formula is C19H17F3N4O. The summed E-state index contributed by atoms with van der Waals surface area (Å²) in [4.78, 5) is 16.1. The van der Waals surface area contributed by atoms with Crippen LogP contribution in [0.1, 0.15) is 29.7 Å². The van der Waals surface area contributed by atoms with Gasteiger partial charge in [-0.15, -0.1) is 0 Å². The number of carbonyl (C=O) groups is 1. The first-order chi connectivity index (χ1) is 12.8. The smallest absolute Gasteiger partial charge is 0.349 e. The second-order valence-corrected chi connectivity index (χ2v) is 6.09. The summed E-state index contributed by atoms with van der Waals surface area (Å²) in [6, 6.07) is 11.8. The second kappa shape index (κ2) is 7.61. The van der Waals surface area contributed by atoms with Crippen molar-refractivity contribution in [2.45, 2.75) is 25.6 Å². The van der Waals surface area contributed by atoms with Gasteiger partial charge in [-0.3, -0.25) is 4.79 Å². The monoisotopic (exact) mass is 374 g/mol. The van der Waals surface area contributed by atoms with Gasteiger partial charge >= 0.3 is 6.18 Å². The van der Waals surface area contributed by atoms with E-state index in [4.69, 9.17) is 0 Å². The van der Waals surface area contributed by atoms with Crippen LogP contribution in [0.25, 0.3) is 5.69 Å². The van der Waals surface area contributed by atoms with Crippen molar-refractivity contribution in [3.63, 3.8) is 0 Å². The number of halogens is 3. The lowest BCUT2D eigenvalue weighted by Gasteiger charge is -2.15. The Morgan fingerprint density at radius 2 is 1.78 bits per heavy atom. The molecule has 1 amide bonds. The molecule has 0 spiro atoms. The number of rotatable bonds is 5. The van der Waals surface area contributed by atoms with Gasteiger partial charge in [0.15, 0.2) is 0 Å². The van der Waals surface area contributed by atoms with E-state index in [-0.39, 0.29) is 18.4 Å². The number of benzene rings is 2. The Bertz CT molecular complexity index is 888. The van der Waals surface area contributed by atoms with Crippen molar-refractivity contribution < 1.29 is 18.0 Å². The Labute approximate surface area is 153 Å². The molecule has 5 nitrogen and oxygen atoms in total. The fourth-order valence-electron chi connectivity index (χ4n) is 2.63. The average Bonchev–Trinajstić information content (AvgIpc) is 3.16. The predicted octanol–water partition coefficient (Wildman–Crippen LogP) is 3.71. The highest BCUT2D eigenvalue weighted by molar-refractivity contribution is 5.79. The van der Waals surface area contributed by atoms with Crippen LogP contribution in [0.15, 0.2) is 61.2 Å². The summed E-state index contributed by atoms with van der Waals surface area (Å²) in [5.41, 5.74) is 1.54. The molecule has 0 aliphatic heterocycles. The van der Waals surface area contributed by atoms with Gasteiger partial charge in [0.1, 0.15) is 12.7 Å². The van der Waals surface area contributed by atoms with Crippen molar-refractivity contribution >= 4 is 5.91 Å². The van der Waals surface area contributed by atoms with Crippen LogP contribution < -0.4 is 5.32 Å². The predicted molar refractivity (Wildman–Crippen MR) is 93.1 cm³/mol. The number of aromatic nitrogens is 3. The summed E-state index contributed by atoms with van der Waals surface area (Å²) in [6.07, 6.45) is -1.34. The molecule has 2 aromatic carbocycles. The summed E-state index contributed by atoms with van der Waals surface area (Å²) in [5.74, 6) is -0.261. The average molecular weight is 374 g/mol. The number of alkyl halides is 3. The van der Waals surface area contributed by atoms with Crippen LogP contribution in [0.5, 0.6) is 0 Å². The first kappa shape index (κ1) is 18.6. The molecule has 0 bridgehead atoms. The molecule has 0 aliphatic carbocycles. The zero-order chi connectivity index (χ0) is 19.4. The van der Waals surface area contributed by atoms with Gasteiger partial charge in [-0.1, -0.05) is 24.3 Å². The molecule has 8 heteroatoms. The fourth-order valence-corrected chi connectivity index (χ4v) is 2.63. The maximum atomic E-state index is 12.6. The van der Waals surface area contributed by atoms with E-state index in [0.29, 0.717) is 5.56 Å². The second-order valence-electron chi connectivity index (χ2n) is 6.09. The molecule has 140 valence electrons. The quantitative estimate of drug-likeness (QED) is 0.741. The molecule has 0 saturated carbocycles. The Morgan fingerprint density at radius 1 is 1.11 bits per heavy atom. The van der Waals surface area contributed by atoms with E-state index in [1.807, 2.05) is 31.2 Å². The van der Waals surface area contributed by atoms with Crippen molar-refractivity contribution in [3.8, 4) is 5.69 Å². The normalized spacial score (nSPS) is 12.6. The Kier molecular flexibility index (Phi) is 5.25. The van der Waals surface area contributed by atoms with Gasteiger partial charge in [0.25, 0.3) is 0 Å². The molecule has 0 radical (unpaired) electrons. The highest BCUT2D eigenvalue weighted by Crippen LogP contribution is 2.29. The van der Waals surface area contributed by atoms with Crippen LogP contribution in [0.3, 0.4) is 0 Å². The third kappa shape index (κ3) is 4.72. The van der Waals surface area contributed by atoms with E-state index in [9.17, 15) is 18.0 Å². The van der Waals surface area contributed by atoms with E-state index in [1.54, 1.807) is 11.0 Å². The van der Waals surface area contributed by atoms with E-state index < -0.39 is 11.7 Å². The van der Waals surface area contributed by atoms with Crippen molar-refractivity contribution in [3.05, 3.63) is 77.9 Å². The highest BCUT2D eigenvalue weighted by atomic mass is 19.4. The van der Waals surface area contributed by atoms with Crippen LogP contribution in [0.4, 0.5) is 13.2 Å². The molecule has 27 heavy (non-hydrogen) atoms. The fraction of sp³-hybridized carbons (Fsp3) is 0.211. The van der Waals surface area contributed by atoms with Crippen molar-refractivity contribution in [1.82, 2.24) is 20.1 Å². The summed E-state index contributed by atoms with van der Waals surface area (Å²) in [6.45, 7) is 1.84. The van der Waals surface area contributed by atoms with Gasteiger partial charge in [-0.25, -0.2) is 9.67 Å². The number of nitrogens with one attached hydrogen (secondary N) is 1. The Hall–Kier alpha value is -3.16. The number of carbonyl (C=O) groups excluding carboxylic acids is 1. The van der Waals surface area contributed by atoms with E-state index in [1.165, 1.54) is 18.5 Å². The zero-order valence-electron chi connectivity index (χ0n) is 14.4. The molecular weight excluding hydrogens is 357 g/mol. The first-order valence-corrected chi connectivity index (χ1v) is 8.23. The van der Waals surface area contributed by atoms with Crippen molar-refractivity contribution in [2.24, 2.45) is 0 Å². The molecule has 3 rings (SSSR count). The van der Waals surface area contributed by atoms with Crippen molar-refractivity contribution in [2.75, 3.05) is 0 Å². The SMILES string of the molecule is C[C@@H](NC(=O)Cc1ccc(C(F)(F)F)cc1)c1ccc(-n2cncn2)cc1. The largest absolute Gasteiger partial charge is 0.416 e. The molecule has 0 aliphatic rings. The van der Waals surface area contributed by atoms with Gasteiger partial charge in [0.05, 0.1) is 23.7 Å². The summed E-state index contributed by atoms with van der Waals surface area (Å²) < 4.78 is 39.3. The van der Waals surface area contributed by atoms with Crippen LogP contribution in [-0.2, 0) is 17.4 Å². The van der Waals surface area contributed by atoms with E-state index in [0.717, 1.165) is 23.4 Å². The molecule has 0 fully saturated rings. The minimum atomic E-state index is -4.38. The Balaban J connectivity index is 1.59. The highest BCUT2D eigenvalue weighted by Gasteiger charge is 2.29. The van der Waals surface area contributed by atoms with Crippen molar-refractivity contribution in [1.29, 1.82) is 0 Å². The van der Waals surface area contributed by atoms with Gasteiger partial charge in [0, 0.05) is 0 Å². The molecule has 1 N–H and O–H groups in total. The maximum Gasteiger partial charge on any atom is 0.416 e. The van der Waals surface area contributed by atoms with E-state index in [2.05, 4.69) is 15.4 Å².